The monoisotopic (exact) mass is 546 g/mol. The minimum atomic E-state index is -4.93. The van der Waals surface area contributed by atoms with Crippen molar-refractivity contribution in [2.75, 3.05) is 29.9 Å². The van der Waals surface area contributed by atoms with Gasteiger partial charge in [-0.05, 0) is 44.0 Å². The molecule has 2 aromatic carbocycles. The largest absolute Gasteiger partial charge is 0.573 e. The molecule has 3 N–H and O–H groups in total. The van der Waals surface area contributed by atoms with E-state index in [0.29, 0.717) is 13.2 Å². The highest BCUT2D eigenvalue weighted by molar-refractivity contribution is 7.92. The fourth-order valence-electron chi connectivity index (χ4n) is 3.90. The number of carbonyl (C=O) groups is 1. The van der Waals surface area contributed by atoms with Gasteiger partial charge in [0.25, 0.3) is 10.0 Å². The summed E-state index contributed by atoms with van der Waals surface area (Å²) in [5.74, 6) is -2.04. The Morgan fingerprint density at radius 1 is 1.22 bits per heavy atom. The number of amides is 1. The standard InChI is InChI=1S/C24H29F3N2O7S/c1-3-35-20-13-17(28-23(31)15(2)22(30)16-6-5-11-34-14-16)9-10-21(20)37(32,33)29-18-7-4-8-19(12-18)36-24(25,26)27/h4,7-10,12-13,15-16,22,29-30H,3,5-6,11,14H2,1-2H3,(H,28,31). The van der Waals surface area contributed by atoms with Gasteiger partial charge in [-0.15, -0.1) is 13.2 Å². The maximum absolute atomic E-state index is 13.0. The average molecular weight is 547 g/mol. The van der Waals surface area contributed by atoms with E-state index in [1.165, 1.54) is 30.3 Å². The fraction of sp³-hybridized carbons (Fsp3) is 0.458. The molecule has 0 aliphatic carbocycles. The van der Waals surface area contributed by atoms with Crippen molar-refractivity contribution in [2.24, 2.45) is 11.8 Å². The Balaban J connectivity index is 1.76. The molecule has 0 saturated carbocycles. The van der Waals surface area contributed by atoms with Crippen LogP contribution in [0.15, 0.2) is 47.4 Å². The predicted octanol–water partition coefficient (Wildman–Crippen LogP) is 4.15. The van der Waals surface area contributed by atoms with Gasteiger partial charge in [-0.3, -0.25) is 9.52 Å². The molecule has 0 bridgehead atoms. The van der Waals surface area contributed by atoms with E-state index in [9.17, 15) is 31.5 Å². The summed E-state index contributed by atoms with van der Waals surface area (Å²) in [6.45, 7) is 4.33. The summed E-state index contributed by atoms with van der Waals surface area (Å²) in [7, 11) is -4.29. The lowest BCUT2D eigenvalue weighted by Crippen LogP contribution is -2.39. The molecule has 0 aromatic heterocycles. The van der Waals surface area contributed by atoms with Gasteiger partial charge in [0.05, 0.1) is 30.9 Å². The Morgan fingerprint density at radius 2 is 1.97 bits per heavy atom. The lowest BCUT2D eigenvalue weighted by molar-refractivity contribution is -0.274. The molecule has 204 valence electrons. The van der Waals surface area contributed by atoms with Gasteiger partial charge in [-0.2, -0.15) is 0 Å². The number of ether oxygens (including phenoxy) is 3. The van der Waals surface area contributed by atoms with Crippen LogP contribution in [0.4, 0.5) is 24.5 Å². The number of nitrogens with one attached hydrogen (secondary N) is 2. The third-order valence-electron chi connectivity index (χ3n) is 5.72. The van der Waals surface area contributed by atoms with Gasteiger partial charge in [0.2, 0.25) is 5.91 Å². The van der Waals surface area contributed by atoms with Crippen LogP contribution in [0.2, 0.25) is 0 Å². The molecule has 37 heavy (non-hydrogen) atoms. The van der Waals surface area contributed by atoms with Gasteiger partial charge < -0.3 is 24.6 Å². The molecule has 3 unspecified atom stereocenters. The Labute approximate surface area is 213 Å². The van der Waals surface area contributed by atoms with Crippen molar-refractivity contribution >= 4 is 27.3 Å². The summed E-state index contributed by atoms with van der Waals surface area (Å²) >= 11 is 0. The van der Waals surface area contributed by atoms with E-state index < -0.39 is 40.1 Å². The molecule has 1 heterocycles. The van der Waals surface area contributed by atoms with Gasteiger partial charge in [0.15, 0.2) is 0 Å². The molecule has 1 saturated heterocycles. The Kier molecular flexibility index (Phi) is 9.26. The number of alkyl halides is 3. The Bertz CT molecular complexity index is 1190. The van der Waals surface area contributed by atoms with Crippen molar-refractivity contribution in [3.63, 3.8) is 0 Å². The van der Waals surface area contributed by atoms with Crippen LogP contribution in [-0.2, 0) is 19.6 Å². The number of hydrogen-bond acceptors (Lipinski definition) is 7. The summed E-state index contributed by atoms with van der Waals surface area (Å²) in [5.41, 5.74) is 0.0861. The zero-order valence-electron chi connectivity index (χ0n) is 20.2. The van der Waals surface area contributed by atoms with E-state index in [2.05, 4.69) is 14.8 Å². The lowest BCUT2D eigenvalue weighted by Gasteiger charge is -2.30. The highest BCUT2D eigenvalue weighted by Gasteiger charge is 2.32. The molecule has 0 radical (unpaired) electrons. The topological polar surface area (TPSA) is 123 Å². The quantitative estimate of drug-likeness (QED) is 0.409. The van der Waals surface area contributed by atoms with Crippen LogP contribution in [0.5, 0.6) is 11.5 Å². The molecule has 1 amide bonds. The van der Waals surface area contributed by atoms with Crippen molar-refractivity contribution < 1.29 is 45.7 Å². The summed E-state index contributed by atoms with van der Waals surface area (Å²) in [6.07, 6.45) is -4.29. The number of halogens is 3. The normalized spacial score (nSPS) is 17.9. The smallest absolute Gasteiger partial charge is 0.492 e. The van der Waals surface area contributed by atoms with Crippen molar-refractivity contribution in [2.45, 2.75) is 44.1 Å². The van der Waals surface area contributed by atoms with E-state index in [1.807, 2.05) is 0 Å². The van der Waals surface area contributed by atoms with Gasteiger partial charge in [-0.25, -0.2) is 8.42 Å². The second-order valence-electron chi connectivity index (χ2n) is 8.52. The number of aliphatic hydroxyl groups excluding tert-OH is 1. The average Bonchev–Trinajstić information content (AvgIpc) is 2.82. The summed E-state index contributed by atoms with van der Waals surface area (Å²) in [4.78, 5) is 12.5. The van der Waals surface area contributed by atoms with Crippen LogP contribution >= 0.6 is 0 Å². The number of sulfonamides is 1. The lowest BCUT2D eigenvalue weighted by atomic mass is 9.87. The van der Waals surface area contributed by atoms with Crippen molar-refractivity contribution in [3.05, 3.63) is 42.5 Å². The SMILES string of the molecule is CCOc1cc(NC(=O)C(C)C(O)C2CCCOC2)ccc1S(=O)(=O)Nc1cccc(OC(F)(F)F)c1. The minimum Gasteiger partial charge on any atom is -0.492 e. The second-order valence-corrected chi connectivity index (χ2v) is 10.2. The van der Waals surface area contributed by atoms with E-state index in [0.717, 1.165) is 25.0 Å². The molecular formula is C24H29F3N2O7S. The van der Waals surface area contributed by atoms with Crippen molar-refractivity contribution in [3.8, 4) is 11.5 Å². The zero-order valence-corrected chi connectivity index (χ0v) is 21.1. The van der Waals surface area contributed by atoms with Gasteiger partial charge >= 0.3 is 6.36 Å². The molecular weight excluding hydrogens is 517 g/mol. The van der Waals surface area contributed by atoms with E-state index >= 15 is 0 Å². The van der Waals surface area contributed by atoms with Crippen LogP contribution in [0.3, 0.4) is 0 Å². The molecule has 3 rings (SSSR count). The molecule has 2 aromatic rings. The maximum atomic E-state index is 13.0. The first-order valence-corrected chi connectivity index (χ1v) is 13.1. The second kappa shape index (κ2) is 12.0. The van der Waals surface area contributed by atoms with Crippen LogP contribution in [0.1, 0.15) is 26.7 Å². The first kappa shape index (κ1) is 28.5. The van der Waals surface area contributed by atoms with E-state index in [1.54, 1.807) is 13.8 Å². The predicted molar refractivity (Wildman–Crippen MR) is 129 cm³/mol. The molecule has 0 spiro atoms. The van der Waals surface area contributed by atoms with Gasteiger partial charge in [0.1, 0.15) is 16.4 Å². The number of hydrogen-bond donors (Lipinski definition) is 3. The summed E-state index contributed by atoms with van der Waals surface area (Å²) in [5, 5.41) is 13.2. The Morgan fingerprint density at radius 3 is 2.62 bits per heavy atom. The number of aliphatic hydroxyl groups is 1. The highest BCUT2D eigenvalue weighted by atomic mass is 32.2. The van der Waals surface area contributed by atoms with Crippen LogP contribution in [0.25, 0.3) is 0 Å². The fourth-order valence-corrected chi connectivity index (χ4v) is 5.07. The molecule has 13 heteroatoms. The third-order valence-corrected chi connectivity index (χ3v) is 7.15. The van der Waals surface area contributed by atoms with Crippen LogP contribution in [0, 0.1) is 11.8 Å². The van der Waals surface area contributed by atoms with Gasteiger partial charge in [-0.1, -0.05) is 13.0 Å². The van der Waals surface area contributed by atoms with Crippen LogP contribution in [-0.4, -0.2) is 51.7 Å². The highest BCUT2D eigenvalue weighted by Crippen LogP contribution is 2.32. The van der Waals surface area contributed by atoms with Crippen molar-refractivity contribution in [1.29, 1.82) is 0 Å². The van der Waals surface area contributed by atoms with Crippen LogP contribution < -0.4 is 19.5 Å². The first-order valence-electron chi connectivity index (χ1n) is 11.6. The number of benzene rings is 2. The zero-order chi connectivity index (χ0) is 27.2. The Hall–Kier alpha value is -3.03. The minimum absolute atomic E-state index is 0.0793. The number of anilines is 2. The molecule has 1 aliphatic rings. The molecule has 3 atom stereocenters. The van der Waals surface area contributed by atoms with Crippen molar-refractivity contribution in [1.82, 2.24) is 0 Å². The third kappa shape index (κ3) is 7.98. The van der Waals surface area contributed by atoms with E-state index in [-0.39, 0.29) is 34.5 Å². The van der Waals surface area contributed by atoms with Gasteiger partial charge in [0, 0.05) is 30.3 Å². The summed E-state index contributed by atoms with van der Waals surface area (Å²) < 4.78 is 80.4. The molecule has 9 nitrogen and oxygen atoms in total. The summed E-state index contributed by atoms with van der Waals surface area (Å²) in [6, 6.07) is 8.27. The first-order chi connectivity index (χ1) is 17.4. The molecule has 1 aliphatic heterocycles. The maximum Gasteiger partial charge on any atom is 0.573 e. The van der Waals surface area contributed by atoms with E-state index in [4.69, 9.17) is 9.47 Å². The number of rotatable bonds is 10. The number of carbonyl (C=O) groups excluding carboxylic acids is 1. The molecule has 1 fully saturated rings.